The summed E-state index contributed by atoms with van der Waals surface area (Å²) in [5.74, 6) is 3.75. The number of hydrazine groups is 1. The SMILES string of the molecule is CCCCC(=O)N(Cc1ccc(-c2ccccc2/C(N)=N/N(N)C(=O)c2ccc(CO[N+](=O)[O-])cc2)cc1)C(C(=O)O)C(C)C. The highest BCUT2D eigenvalue weighted by Crippen LogP contribution is 2.26. The minimum Gasteiger partial charge on any atom is -0.480 e. The number of hydrazone groups is 1. The first-order chi connectivity index (χ1) is 21.4. The molecule has 0 fully saturated rings. The van der Waals surface area contributed by atoms with Crippen LogP contribution in [0.1, 0.15) is 67.1 Å². The van der Waals surface area contributed by atoms with Gasteiger partial charge in [0.05, 0.1) is 0 Å². The van der Waals surface area contributed by atoms with E-state index in [0.717, 1.165) is 17.5 Å². The largest absolute Gasteiger partial charge is 0.480 e. The molecule has 1 unspecified atom stereocenters. The predicted octanol–water partition coefficient (Wildman–Crippen LogP) is 4.33. The second-order valence-corrected chi connectivity index (χ2v) is 10.7. The van der Waals surface area contributed by atoms with E-state index >= 15 is 0 Å². The molecule has 13 nitrogen and oxygen atoms in total. The molecule has 238 valence electrons. The topological polar surface area (TPSA) is 195 Å². The number of carboxylic acid groups (broad SMARTS) is 1. The first-order valence-electron chi connectivity index (χ1n) is 14.4. The molecule has 13 heteroatoms. The van der Waals surface area contributed by atoms with E-state index in [1.807, 2.05) is 43.3 Å². The lowest BCUT2D eigenvalue weighted by molar-refractivity contribution is -0.763. The van der Waals surface area contributed by atoms with Crippen molar-refractivity contribution in [3.63, 3.8) is 0 Å². The van der Waals surface area contributed by atoms with Gasteiger partial charge >= 0.3 is 5.97 Å². The lowest BCUT2D eigenvalue weighted by atomic mass is 9.97. The number of amidine groups is 1. The Labute approximate surface area is 261 Å². The van der Waals surface area contributed by atoms with Gasteiger partial charge in [0.25, 0.3) is 11.0 Å². The van der Waals surface area contributed by atoms with E-state index < -0.39 is 23.0 Å². The fourth-order valence-electron chi connectivity index (χ4n) is 4.75. The zero-order valence-electron chi connectivity index (χ0n) is 25.5. The zero-order chi connectivity index (χ0) is 33.1. The Kier molecular flexibility index (Phi) is 12.1. The summed E-state index contributed by atoms with van der Waals surface area (Å²) in [4.78, 5) is 54.1. The highest BCUT2D eigenvalue weighted by Gasteiger charge is 2.32. The van der Waals surface area contributed by atoms with Crippen molar-refractivity contribution >= 4 is 23.6 Å². The monoisotopic (exact) mass is 618 g/mol. The van der Waals surface area contributed by atoms with Crippen molar-refractivity contribution in [1.82, 2.24) is 10.0 Å². The third-order valence-electron chi connectivity index (χ3n) is 7.07. The van der Waals surface area contributed by atoms with Crippen LogP contribution in [0.3, 0.4) is 0 Å². The summed E-state index contributed by atoms with van der Waals surface area (Å²) in [7, 11) is 0. The molecular weight excluding hydrogens is 580 g/mol. The zero-order valence-corrected chi connectivity index (χ0v) is 25.5. The van der Waals surface area contributed by atoms with Crippen molar-refractivity contribution in [3.8, 4) is 11.1 Å². The van der Waals surface area contributed by atoms with Crippen LogP contribution in [0.2, 0.25) is 0 Å². The average molecular weight is 619 g/mol. The number of hydrogen-bond acceptors (Lipinski definition) is 8. The van der Waals surface area contributed by atoms with Gasteiger partial charge in [-0.05, 0) is 46.7 Å². The van der Waals surface area contributed by atoms with Crippen LogP contribution in [0, 0.1) is 16.0 Å². The first kappa shape index (κ1) is 34.2. The van der Waals surface area contributed by atoms with Gasteiger partial charge in [-0.1, -0.05) is 87.9 Å². The number of unbranched alkanes of at least 4 members (excludes halogenated alkanes) is 1. The van der Waals surface area contributed by atoms with Crippen molar-refractivity contribution in [2.75, 3.05) is 0 Å². The molecule has 45 heavy (non-hydrogen) atoms. The molecule has 0 saturated heterocycles. The Morgan fingerprint density at radius 1 is 1.00 bits per heavy atom. The number of hydrogen-bond donors (Lipinski definition) is 3. The Balaban J connectivity index is 1.81. The predicted molar refractivity (Wildman–Crippen MR) is 168 cm³/mol. The number of carboxylic acids is 1. The number of benzene rings is 3. The van der Waals surface area contributed by atoms with Crippen molar-refractivity contribution in [1.29, 1.82) is 0 Å². The third kappa shape index (κ3) is 9.34. The molecule has 0 aliphatic rings. The highest BCUT2D eigenvalue weighted by atomic mass is 16.9. The fourth-order valence-corrected chi connectivity index (χ4v) is 4.75. The van der Waals surface area contributed by atoms with Crippen LogP contribution in [-0.2, 0) is 27.6 Å². The summed E-state index contributed by atoms with van der Waals surface area (Å²) in [6.45, 7) is 5.44. The molecule has 0 aliphatic heterocycles. The minimum absolute atomic E-state index is 0.0181. The Morgan fingerprint density at radius 2 is 1.62 bits per heavy atom. The second-order valence-electron chi connectivity index (χ2n) is 10.7. The normalized spacial score (nSPS) is 12.0. The van der Waals surface area contributed by atoms with Gasteiger partial charge in [-0.3, -0.25) is 9.59 Å². The molecule has 3 rings (SSSR count). The molecule has 5 N–H and O–H groups in total. The molecule has 0 radical (unpaired) electrons. The third-order valence-corrected chi connectivity index (χ3v) is 7.07. The van der Waals surface area contributed by atoms with Crippen molar-refractivity contribution < 1.29 is 29.4 Å². The maximum absolute atomic E-state index is 13.0. The highest BCUT2D eigenvalue weighted by molar-refractivity contribution is 6.04. The van der Waals surface area contributed by atoms with Crippen LogP contribution < -0.4 is 11.6 Å². The van der Waals surface area contributed by atoms with Gasteiger partial charge in [0, 0.05) is 24.1 Å². The van der Waals surface area contributed by atoms with E-state index in [2.05, 4.69) is 9.94 Å². The summed E-state index contributed by atoms with van der Waals surface area (Å²) < 4.78 is 0. The minimum atomic E-state index is -1.04. The summed E-state index contributed by atoms with van der Waals surface area (Å²) in [5, 5.41) is 24.1. The van der Waals surface area contributed by atoms with E-state index in [9.17, 15) is 29.6 Å². The van der Waals surface area contributed by atoms with Gasteiger partial charge in [0.15, 0.2) is 5.84 Å². The lowest BCUT2D eigenvalue weighted by Crippen LogP contribution is -2.47. The number of rotatable bonds is 15. The van der Waals surface area contributed by atoms with Crippen LogP contribution >= 0.6 is 0 Å². The molecule has 3 aromatic rings. The second kappa shape index (κ2) is 16.0. The number of nitrogens with zero attached hydrogens (tertiary/aromatic N) is 4. The van der Waals surface area contributed by atoms with Gasteiger partial charge in [0.2, 0.25) is 5.91 Å². The van der Waals surface area contributed by atoms with E-state index in [4.69, 9.17) is 11.6 Å². The quantitative estimate of drug-likeness (QED) is 0.0555. The molecule has 3 aromatic carbocycles. The first-order valence-corrected chi connectivity index (χ1v) is 14.4. The van der Waals surface area contributed by atoms with Crippen LogP contribution in [0.4, 0.5) is 0 Å². The fraction of sp³-hybridized carbons (Fsp3) is 0.312. The van der Waals surface area contributed by atoms with Gasteiger partial charge in [0.1, 0.15) is 12.6 Å². The molecule has 0 spiro atoms. The molecule has 0 bridgehead atoms. The molecule has 0 aliphatic carbocycles. The number of amides is 2. The van der Waals surface area contributed by atoms with E-state index in [-0.39, 0.29) is 42.8 Å². The summed E-state index contributed by atoms with van der Waals surface area (Å²) >= 11 is 0. The average Bonchev–Trinajstić information content (AvgIpc) is 3.02. The Hall–Kier alpha value is -5.30. The van der Waals surface area contributed by atoms with Crippen molar-refractivity contribution in [3.05, 3.63) is 105 Å². The molecular formula is C32H38N6O7. The smallest absolute Gasteiger partial charge is 0.326 e. The Bertz CT molecular complexity index is 1520. The molecule has 0 heterocycles. The van der Waals surface area contributed by atoms with Crippen LogP contribution in [0.25, 0.3) is 11.1 Å². The van der Waals surface area contributed by atoms with Crippen LogP contribution in [-0.4, -0.2) is 49.9 Å². The van der Waals surface area contributed by atoms with Crippen LogP contribution in [0.15, 0.2) is 77.9 Å². The molecule has 2 amide bonds. The maximum Gasteiger partial charge on any atom is 0.326 e. The number of carbonyl (C=O) groups excluding carboxylic acids is 2. The van der Waals surface area contributed by atoms with Gasteiger partial charge in [-0.25, -0.2) is 10.6 Å². The lowest BCUT2D eigenvalue weighted by Gasteiger charge is -2.32. The number of carbonyl (C=O) groups is 3. The number of aliphatic carboxylic acids is 1. The Morgan fingerprint density at radius 3 is 2.20 bits per heavy atom. The van der Waals surface area contributed by atoms with Gasteiger partial charge in [-0.15, -0.1) is 15.2 Å². The van der Waals surface area contributed by atoms with E-state index in [1.165, 1.54) is 29.2 Å². The standard InChI is InChI=1S/C32H38N6O7/c1-4-5-10-28(39)36(29(21(2)3)32(41)42)19-22-11-15-24(16-12-22)26-8-6-7-9-27(26)30(33)35-37(34)31(40)25-17-13-23(14-18-25)20-45-38(43)44/h6-9,11-18,21,29H,4-5,10,19-20,34H2,1-3H3,(H2,33,35)(H,41,42). The van der Waals surface area contributed by atoms with Crippen molar-refractivity contribution in [2.24, 2.45) is 22.6 Å². The molecule has 0 aromatic heterocycles. The van der Waals surface area contributed by atoms with Crippen LogP contribution in [0.5, 0.6) is 0 Å². The molecule has 1 atom stereocenters. The summed E-state index contributed by atoms with van der Waals surface area (Å²) in [6, 6.07) is 19.5. The van der Waals surface area contributed by atoms with Crippen molar-refractivity contribution in [2.45, 2.75) is 59.2 Å². The van der Waals surface area contributed by atoms with E-state index in [1.54, 1.807) is 26.0 Å². The van der Waals surface area contributed by atoms with Gasteiger partial charge in [-0.2, -0.15) is 5.12 Å². The maximum atomic E-state index is 13.0. The summed E-state index contributed by atoms with van der Waals surface area (Å²) in [6.07, 6.45) is 1.78. The molecule has 0 saturated carbocycles. The summed E-state index contributed by atoms with van der Waals surface area (Å²) in [5.41, 5.74) is 9.75. The van der Waals surface area contributed by atoms with Gasteiger partial charge < -0.3 is 20.6 Å². The number of nitrogens with two attached hydrogens (primary N) is 2. The van der Waals surface area contributed by atoms with E-state index in [0.29, 0.717) is 28.2 Å².